The molecule has 138 valence electrons. The summed E-state index contributed by atoms with van der Waals surface area (Å²) in [5.74, 6) is 0.0377. The van der Waals surface area contributed by atoms with Crippen molar-refractivity contribution in [3.05, 3.63) is 28.2 Å². The molecule has 2 amide bonds. The molecule has 0 radical (unpaired) electrons. The predicted molar refractivity (Wildman–Crippen MR) is 102 cm³/mol. The minimum atomic E-state index is -0.0839. The van der Waals surface area contributed by atoms with Crippen LogP contribution in [0.25, 0.3) is 0 Å². The highest BCUT2D eigenvalue weighted by Crippen LogP contribution is 2.25. The van der Waals surface area contributed by atoms with Gasteiger partial charge in [0.1, 0.15) is 0 Å². The highest BCUT2D eigenvalue weighted by atomic mass is 35.5. The molecule has 1 heterocycles. The highest BCUT2D eigenvalue weighted by molar-refractivity contribution is 6.35. The van der Waals surface area contributed by atoms with E-state index in [4.69, 9.17) is 23.2 Å². The lowest BCUT2D eigenvalue weighted by atomic mass is 10.0. The molecule has 1 aliphatic rings. The summed E-state index contributed by atoms with van der Waals surface area (Å²) in [5.41, 5.74) is 0.536. The van der Waals surface area contributed by atoms with Crippen LogP contribution in [0.5, 0.6) is 0 Å². The number of carbonyl (C=O) groups excluding carboxylic acids is 2. The summed E-state index contributed by atoms with van der Waals surface area (Å²) in [5, 5.41) is 6.88. The Morgan fingerprint density at radius 3 is 2.56 bits per heavy atom. The van der Waals surface area contributed by atoms with E-state index in [1.807, 2.05) is 13.8 Å². The van der Waals surface area contributed by atoms with Gasteiger partial charge >= 0.3 is 0 Å². The zero-order valence-electron chi connectivity index (χ0n) is 14.6. The molecular weight excluding hydrogens is 361 g/mol. The van der Waals surface area contributed by atoms with E-state index in [0.717, 1.165) is 25.9 Å². The Bertz CT molecular complexity index is 614. The quantitative estimate of drug-likeness (QED) is 0.786. The second-order valence-corrected chi connectivity index (χ2v) is 7.55. The van der Waals surface area contributed by atoms with Crippen molar-refractivity contribution >= 4 is 40.7 Å². The lowest BCUT2D eigenvalue weighted by molar-refractivity contribution is -0.125. The van der Waals surface area contributed by atoms with Crippen LogP contribution in [0.2, 0.25) is 10.0 Å². The van der Waals surface area contributed by atoms with Crippen molar-refractivity contribution in [1.29, 1.82) is 0 Å². The van der Waals surface area contributed by atoms with Crippen molar-refractivity contribution in [3.63, 3.8) is 0 Å². The number of amides is 2. The second kappa shape index (κ2) is 9.41. The molecule has 0 atom stereocenters. The smallest absolute Gasteiger partial charge is 0.225 e. The normalized spacial score (nSPS) is 16.0. The van der Waals surface area contributed by atoms with Gasteiger partial charge in [0.2, 0.25) is 11.8 Å². The summed E-state index contributed by atoms with van der Waals surface area (Å²) in [7, 11) is 0. The lowest BCUT2D eigenvalue weighted by Gasteiger charge is -2.32. The number of rotatable bonds is 6. The van der Waals surface area contributed by atoms with Crippen LogP contribution >= 0.6 is 23.2 Å². The molecule has 0 spiro atoms. The number of carbonyl (C=O) groups is 2. The van der Waals surface area contributed by atoms with Gasteiger partial charge in [0.15, 0.2) is 0 Å². The van der Waals surface area contributed by atoms with E-state index in [2.05, 4.69) is 15.5 Å². The van der Waals surface area contributed by atoms with Crippen LogP contribution in [-0.4, -0.2) is 42.4 Å². The fourth-order valence-electron chi connectivity index (χ4n) is 2.73. The Morgan fingerprint density at radius 1 is 1.24 bits per heavy atom. The average molecular weight is 386 g/mol. The van der Waals surface area contributed by atoms with E-state index in [1.165, 1.54) is 0 Å². The third-order valence-corrected chi connectivity index (χ3v) is 4.88. The summed E-state index contributed by atoms with van der Waals surface area (Å²) in [6, 6.07) is 5.23. The predicted octanol–water partition coefficient (Wildman–Crippen LogP) is 3.56. The van der Waals surface area contributed by atoms with Crippen LogP contribution in [0, 0.1) is 5.92 Å². The topological polar surface area (TPSA) is 61.4 Å². The summed E-state index contributed by atoms with van der Waals surface area (Å²) < 4.78 is 0. The van der Waals surface area contributed by atoms with Crippen LogP contribution in [0.15, 0.2) is 18.2 Å². The SMILES string of the molecule is CC(C)C(=O)NC1CCN(CCC(=O)Nc2cc(Cl)ccc2Cl)CC1. The number of likely N-dealkylation sites (tertiary alicyclic amines) is 1. The highest BCUT2D eigenvalue weighted by Gasteiger charge is 2.21. The van der Waals surface area contributed by atoms with Gasteiger partial charge in [-0.15, -0.1) is 0 Å². The summed E-state index contributed by atoms with van der Waals surface area (Å²) >= 11 is 12.0. The number of halogens is 2. The Hall–Kier alpha value is -1.30. The van der Waals surface area contributed by atoms with Crippen LogP contribution in [0.1, 0.15) is 33.1 Å². The maximum atomic E-state index is 12.1. The summed E-state index contributed by atoms with van der Waals surface area (Å²) in [6.07, 6.45) is 2.23. The molecule has 7 heteroatoms. The van der Waals surface area contributed by atoms with Crippen LogP contribution in [-0.2, 0) is 9.59 Å². The molecule has 1 fully saturated rings. The molecule has 2 N–H and O–H groups in total. The molecule has 1 aromatic rings. The molecule has 1 saturated heterocycles. The zero-order chi connectivity index (χ0) is 18.4. The van der Waals surface area contributed by atoms with Crippen molar-refractivity contribution in [2.24, 2.45) is 5.92 Å². The molecule has 2 rings (SSSR count). The molecule has 0 bridgehead atoms. The van der Waals surface area contributed by atoms with Gasteiger partial charge in [0.25, 0.3) is 0 Å². The third-order valence-electron chi connectivity index (χ3n) is 4.32. The molecule has 0 unspecified atom stereocenters. The number of anilines is 1. The third kappa shape index (κ3) is 6.49. The van der Waals surface area contributed by atoms with Crippen LogP contribution in [0.4, 0.5) is 5.69 Å². The monoisotopic (exact) mass is 385 g/mol. The number of hydrogen-bond acceptors (Lipinski definition) is 3. The zero-order valence-corrected chi connectivity index (χ0v) is 16.2. The van der Waals surface area contributed by atoms with Crippen LogP contribution in [0.3, 0.4) is 0 Å². The minimum absolute atomic E-state index is 0.0139. The Labute approximate surface area is 159 Å². The van der Waals surface area contributed by atoms with Crippen LogP contribution < -0.4 is 10.6 Å². The first-order valence-electron chi connectivity index (χ1n) is 8.63. The van der Waals surface area contributed by atoms with E-state index in [0.29, 0.717) is 28.7 Å². The van der Waals surface area contributed by atoms with E-state index in [-0.39, 0.29) is 23.8 Å². The van der Waals surface area contributed by atoms with Gasteiger partial charge in [0.05, 0.1) is 10.7 Å². The number of benzene rings is 1. The molecule has 0 aliphatic carbocycles. The largest absolute Gasteiger partial charge is 0.353 e. The fraction of sp³-hybridized carbons (Fsp3) is 0.556. The van der Waals surface area contributed by atoms with Crippen molar-refractivity contribution in [3.8, 4) is 0 Å². The van der Waals surface area contributed by atoms with Crippen molar-refractivity contribution < 1.29 is 9.59 Å². The van der Waals surface area contributed by atoms with E-state index in [9.17, 15) is 9.59 Å². The second-order valence-electron chi connectivity index (χ2n) is 6.70. The number of nitrogens with one attached hydrogen (secondary N) is 2. The number of hydrogen-bond donors (Lipinski definition) is 2. The van der Waals surface area contributed by atoms with E-state index >= 15 is 0 Å². The molecular formula is C18H25Cl2N3O2. The first kappa shape index (κ1) is 20.0. The Kier molecular flexibility index (Phi) is 7.54. The number of nitrogens with zero attached hydrogens (tertiary/aromatic N) is 1. The first-order chi connectivity index (χ1) is 11.8. The van der Waals surface area contributed by atoms with Crippen molar-refractivity contribution in [2.75, 3.05) is 25.0 Å². The maximum Gasteiger partial charge on any atom is 0.225 e. The van der Waals surface area contributed by atoms with Crippen molar-refractivity contribution in [2.45, 2.75) is 39.2 Å². The Morgan fingerprint density at radius 2 is 1.92 bits per heavy atom. The standard InChI is InChI=1S/C18H25Cl2N3O2/c1-12(2)18(25)21-14-5-8-23(9-6-14)10-7-17(24)22-16-11-13(19)3-4-15(16)20/h3-4,11-12,14H,5-10H2,1-2H3,(H,21,25)(H,22,24). The van der Waals surface area contributed by atoms with E-state index < -0.39 is 0 Å². The van der Waals surface area contributed by atoms with Gasteiger partial charge in [-0.2, -0.15) is 0 Å². The molecule has 0 saturated carbocycles. The average Bonchev–Trinajstić information content (AvgIpc) is 2.57. The maximum absolute atomic E-state index is 12.1. The van der Waals surface area contributed by atoms with Gasteiger partial charge in [-0.3, -0.25) is 9.59 Å². The van der Waals surface area contributed by atoms with Gasteiger partial charge < -0.3 is 15.5 Å². The fourth-order valence-corrected chi connectivity index (χ4v) is 3.07. The number of piperidine rings is 1. The molecule has 5 nitrogen and oxygen atoms in total. The van der Waals surface area contributed by atoms with Crippen molar-refractivity contribution in [1.82, 2.24) is 10.2 Å². The molecule has 1 aromatic carbocycles. The molecule has 25 heavy (non-hydrogen) atoms. The molecule has 1 aliphatic heterocycles. The van der Waals surface area contributed by atoms with Gasteiger partial charge in [0, 0.05) is 43.0 Å². The lowest BCUT2D eigenvalue weighted by Crippen LogP contribution is -2.46. The summed E-state index contributed by atoms with van der Waals surface area (Å²) in [4.78, 5) is 26.1. The minimum Gasteiger partial charge on any atom is -0.353 e. The molecule has 0 aromatic heterocycles. The first-order valence-corrected chi connectivity index (χ1v) is 9.38. The van der Waals surface area contributed by atoms with Gasteiger partial charge in [-0.05, 0) is 31.0 Å². The Balaban J connectivity index is 1.71. The summed E-state index contributed by atoms with van der Waals surface area (Å²) in [6.45, 7) is 6.25. The van der Waals surface area contributed by atoms with E-state index in [1.54, 1.807) is 18.2 Å². The van der Waals surface area contributed by atoms with Gasteiger partial charge in [-0.25, -0.2) is 0 Å². The van der Waals surface area contributed by atoms with Gasteiger partial charge in [-0.1, -0.05) is 37.0 Å².